The molecule has 0 aliphatic carbocycles. The second-order valence-electron chi connectivity index (χ2n) is 7.13. The summed E-state index contributed by atoms with van der Waals surface area (Å²) in [5.74, 6) is 2.69. The highest BCUT2D eigenvalue weighted by molar-refractivity contribution is 5.78. The standard InChI is InChI=1S/C22H23N3O4/c1-15-7-9-18(10-8-15)28-14-21(26)25-12-17(13-25)22-23-20(24-29-22)11-16-5-3-4-6-19(16)27-2/h3-10,17H,11-14H2,1-2H3. The molecule has 2 heterocycles. The summed E-state index contributed by atoms with van der Waals surface area (Å²) in [6.07, 6.45) is 0.535. The summed E-state index contributed by atoms with van der Waals surface area (Å²) < 4.78 is 16.3. The fourth-order valence-corrected chi connectivity index (χ4v) is 3.23. The molecule has 1 amide bonds. The predicted octanol–water partition coefficient (Wildman–Crippen LogP) is 2.98. The van der Waals surface area contributed by atoms with Crippen molar-refractivity contribution in [2.45, 2.75) is 19.3 Å². The van der Waals surface area contributed by atoms with Crippen molar-refractivity contribution in [3.05, 3.63) is 71.4 Å². The van der Waals surface area contributed by atoms with Gasteiger partial charge in [-0.05, 0) is 25.1 Å². The molecule has 3 aromatic rings. The molecule has 1 aromatic heterocycles. The van der Waals surface area contributed by atoms with Gasteiger partial charge in [0.2, 0.25) is 5.89 Å². The predicted molar refractivity (Wildman–Crippen MR) is 106 cm³/mol. The number of methoxy groups -OCH3 is 1. The molecular formula is C22H23N3O4. The lowest BCUT2D eigenvalue weighted by Crippen LogP contribution is -2.50. The highest BCUT2D eigenvalue weighted by Crippen LogP contribution is 2.27. The lowest BCUT2D eigenvalue weighted by Gasteiger charge is -2.36. The minimum Gasteiger partial charge on any atom is -0.496 e. The fraction of sp³-hybridized carbons (Fsp3) is 0.318. The third kappa shape index (κ3) is 4.39. The number of hydrogen-bond donors (Lipinski definition) is 0. The second kappa shape index (κ2) is 8.34. The van der Waals surface area contributed by atoms with E-state index in [4.69, 9.17) is 14.0 Å². The summed E-state index contributed by atoms with van der Waals surface area (Å²) in [6, 6.07) is 15.4. The number of hydrogen-bond acceptors (Lipinski definition) is 6. The minimum absolute atomic E-state index is 0.0265. The Morgan fingerprint density at radius 2 is 1.93 bits per heavy atom. The van der Waals surface area contributed by atoms with Crippen LogP contribution in [0.2, 0.25) is 0 Å². The largest absolute Gasteiger partial charge is 0.496 e. The van der Waals surface area contributed by atoms with E-state index in [1.807, 2.05) is 55.5 Å². The number of aromatic nitrogens is 2. The van der Waals surface area contributed by atoms with Crippen molar-refractivity contribution in [2.24, 2.45) is 0 Å². The molecule has 0 radical (unpaired) electrons. The van der Waals surface area contributed by atoms with Crippen LogP contribution in [0.1, 0.15) is 28.8 Å². The van der Waals surface area contributed by atoms with E-state index in [9.17, 15) is 4.79 Å². The highest BCUT2D eigenvalue weighted by atomic mass is 16.5. The van der Waals surface area contributed by atoms with Gasteiger partial charge in [-0.1, -0.05) is 41.1 Å². The molecule has 0 bridgehead atoms. The van der Waals surface area contributed by atoms with Crippen LogP contribution in [0.3, 0.4) is 0 Å². The normalized spacial score (nSPS) is 13.8. The number of carbonyl (C=O) groups is 1. The zero-order chi connectivity index (χ0) is 20.2. The van der Waals surface area contributed by atoms with Crippen molar-refractivity contribution in [2.75, 3.05) is 26.8 Å². The molecule has 0 spiro atoms. The molecule has 7 nitrogen and oxygen atoms in total. The smallest absolute Gasteiger partial charge is 0.260 e. The zero-order valence-corrected chi connectivity index (χ0v) is 16.5. The fourth-order valence-electron chi connectivity index (χ4n) is 3.23. The first kappa shape index (κ1) is 19.0. The third-order valence-electron chi connectivity index (χ3n) is 4.99. The van der Waals surface area contributed by atoms with Gasteiger partial charge in [0.05, 0.1) is 13.0 Å². The van der Waals surface area contributed by atoms with Gasteiger partial charge in [0.1, 0.15) is 11.5 Å². The molecule has 7 heteroatoms. The maximum atomic E-state index is 12.3. The van der Waals surface area contributed by atoms with Gasteiger partial charge >= 0.3 is 0 Å². The van der Waals surface area contributed by atoms with Gasteiger partial charge < -0.3 is 18.9 Å². The molecule has 0 atom stereocenters. The van der Waals surface area contributed by atoms with Crippen LogP contribution in [0, 0.1) is 6.92 Å². The van der Waals surface area contributed by atoms with Gasteiger partial charge in [0.25, 0.3) is 5.91 Å². The van der Waals surface area contributed by atoms with E-state index in [2.05, 4.69) is 10.1 Å². The summed E-state index contributed by atoms with van der Waals surface area (Å²) in [7, 11) is 1.64. The average Bonchev–Trinajstić information content (AvgIpc) is 3.15. The Morgan fingerprint density at radius 1 is 1.17 bits per heavy atom. The van der Waals surface area contributed by atoms with Crippen LogP contribution in [0.4, 0.5) is 0 Å². The molecule has 0 N–H and O–H groups in total. The Bertz CT molecular complexity index is 978. The number of likely N-dealkylation sites (tertiary alicyclic amines) is 1. The van der Waals surface area contributed by atoms with Crippen LogP contribution in [-0.2, 0) is 11.2 Å². The molecule has 1 aliphatic rings. The number of nitrogens with zero attached hydrogens (tertiary/aromatic N) is 3. The topological polar surface area (TPSA) is 77.7 Å². The molecule has 2 aromatic carbocycles. The van der Waals surface area contributed by atoms with Crippen molar-refractivity contribution in [1.29, 1.82) is 0 Å². The van der Waals surface area contributed by atoms with Crippen LogP contribution in [0.15, 0.2) is 53.1 Å². The van der Waals surface area contributed by atoms with E-state index in [0.717, 1.165) is 16.9 Å². The molecule has 29 heavy (non-hydrogen) atoms. The van der Waals surface area contributed by atoms with Gasteiger partial charge in [-0.15, -0.1) is 0 Å². The second-order valence-corrected chi connectivity index (χ2v) is 7.13. The quantitative estimate of drug-likeness (QED) is 0.614. The van der Waals surface area contributed by atoms with Crippen LogP contribution in [0.25, 0.3) is 0 Å². The van der Waals surface area contributed by atoms with E-state index in [1.165, 1.54) is 0 Å². The van der Waals surface area contributed by atoms with E-state index in [0.29, 0.717) is 37.0 Å². The number of amides is 1. The number of aryl methyl sites for hydroxylation is 1. The molecule has 0 unspecified atom stereocenters. The van der Waals surface area contributed by atoms with Crippen LogP contribution in [-0.4, -0.2) is 47.8 Å². The van der Waals surface area contributed by atoms with E-state index in [-0.39, 0.29) is 18.4 Å². The molecule has 4 rings (SSSR count). The zero-order valence-electron chi connectivity index (χ0n) is 16.5. The van der Waals surface area contributed by atoms with E-state index >= 15 is 0 Å². The summed E-state index contributed by atoms with van der Waals surface area (Å²) in [6.45, 7) is 3.16. The van der Waals surface area contributed by atoms with Crippen LogP contribution in [0.5, 0.6) is 11.5 Å². The van der Waals surface area contributed by atoms with Gasteiger partial charge in [-0.3, -0.25) is 4.79 Å². The Kier molecular flexibility index (Phi) is 5.46. The minimum atomic E-state index is -0.0458. The first-order valence-corrected chi connectivity index (χ1v) is 9.54. The Morgan fingerprint density at radius 3 is 2.69 bits per heavy atom. The SMILES string of the molecule is COc1ccccc1Cc1noc(C2CN(C(=O)COc3ccc(C)cc3)C2)n1. The third-order valence-corrected chi connectivity index (χ3v) is 4.99. The Hall–Kier alpha value is -3.35. The maximum absolute atomic E-state index is 12.3. The number of carbonyl (C=O) groups excluding carboxylic acids is 1. The summed E-state index contributed by atoms with van der Waals surface area (Å²) in [5.41, 5.74) is 2.15. The monoisotopic (exact) mass is 393 g/mol. The van der Waals surface area contributed by atoms with Gasteiger partial charge in [-0.2, -0.15) is 4.98 Å². The number of benzene rings is 2. The van der Waals surface area contributed by atoms with Crippen molar-refractivity contribution >= 4 is 5.91 Å². The summed E-state index contributed by atoms with van der Waals surface area (Å²) >= 11 is 0. The van der Waals surface area contributed by atoms with Crippen molar-refractivity contribution in [3.8, 4) is 11.5 Å². The summed E-state index contributed by atoms with van der Waals surface area (Å²) in [4.78, 5) is 18.5. The van der Waals surface area contributed by atoms with Gasteiger partial charge in [0.15, 0.2) is 12.4 Å². The number of para-hydroxylation sites is 1. The Balaban J connectivity index is 1.27. The average molecular weight is 393 g/mol. The molecule has 1 aliphatic heterocycles. The van der Waals surface area contributed by atoms with Crippen molar-refractivity contribution in [1.82, 2.24) is 15.0 Å². The first-order chi connectivity index (χ1) is 14.1. The molecule has 1 fully saturated rings. The first-order valence-electron chi connectivity index (χ1n) is 9.54. The van der Waals surface area contributed by atoms with E-state index in [1.54, 1.807) is 12.0 Å². The van der Waals surface area contributed by atoms with Crippen molar-refractivity contribution in [3.63, 3.8) is 0 Å². The maximum Gasteiger partial charge on any atom is 0.260 e. The van der Waals surface area contributed by atoms with Gasteiger partial charge in [0, 0.05) is 25.1 Å². The molecule has 1 saturated heterocycles. The molecule has 0 saturated carbocycles. The number of rotatable bonds is 7. The highest BCUT2D eigenvalue weighted by Gasteiger charge is 2.35. The number of ether oxygens (including phenoxy) is 2. The summed E-state index contributed by atoms with van der Waals surface area (Å²) in [5, 5.41) is 4.07. The lowest BCUT2D eigenvalue weighted by atomic mass is 10.0. The molecular weight excluding hydrogens is 370 g/mol. The molecule has 150 valence electrons. The van der Waals surface area contributed by atoms with E-state index < -0.39 is 0 Å². The van der Waals surface area contributed by atoms with Crippen LogP contribution >= 0.6 is 0 Å². The lowest BCUT2D eigenvalue weighted by molar-refractivity contribution is -0.138. The van der Waals surface area contributed by atoms with Crippen molar-refractivity contribution < 1.29 is 18.8 Å². The van der Waals surface area contributed by atoms with Crippen LogP contribution < -0.4 is 9.47 Å². The van der Waals surface area contributed by atoms with Gasteiger partial charge in [-0.25, -0.2) is 0 Å². The Labute approximate surface area is 169 Å².